The molecule has 3 rings (SSSR count). The van der Waals surface area contributed by atoms with Crippen LogP contribution in [0.15, 0.2) is 36.7 Å². The van der Waals surface area contributed by atoms with E-state index in [0.717, 1.165) is 0 Å². The number of alkyl carbamates (subject to hydrolysis) is 1. The molecular formula is C18H18FN3O5. The molecule has 2 atom stereocenters. The standard InChI is InChI=1S/C18H18FN3O5/c1-18(16(20)24,14-8-21-17(25)27-14)11-3-4-13(12(19)7-11)22-6-5-10(9-22)15(23)26-2/h3-7,9,14H,8H2,1-2H3,(H2,20,24)(H,21,25). The van der Waals surface area contributed by atoms with Gasteiger partial charge in [-0.1, -0.05) is 6.07 Å². The number of benzene rings is 1. The molecule has 0 spiro atoms. The molecule has 1 aromatic heterocycles. The second-order valence-corrected chi connectivity index (χ2v) is 6.31. The van der Waals surface area contributed by atoms with Gasteiger partial charge in [0.15, 0.2) is 0 Å². The number of carbonyl (C=O) groups is 3. The lowest BCUT2D eigenvalue weighted by Gasteiger charge is -2.31. The van der Waals surface area contributed by atoms with Gasteiger partial charge in [0, 0.05) is 12.4 Å². The molecule has 1 aromatic carbocycles. The van der Waals surface area contributed by atoms with E-state index in [1.165, 1.54) is 55.3 Å². The first kappa shape index (κ1) is 18.4. The normalized spacial score (nSPS) is 18.3. The van der Waals surface area contributed by atoms with E-state index in [1.54, 1.807) is 0 Å². The minimum Gasteiger partial charge on any atom is -0.465 e. The summed E-state index contributed by atoms with van der Waals surface area (Å²) in [7, 11) is 1.25. The number of primary amides is 1. The highest BCUT2D eigenvalue weighted by molar-refractivity contribution is 5.89. The van der Waals surface area contributed by atoms with E-state index in [-0.39, 0.29) is 23.4 Å². The van der Waals surface area contributed by atoms with Gasteiger partial charge in [-0.05, 0) is 30.7 Å². The van der Waals surface area contributed by atoms with Gasteiger partial charge in [0.25, 0.3) is 0 Å². The van der Waals surface area contributed by atoms with Crippen molar-refractivity contribution in [2.24, 2.45) is 5.73 Å². The summed E-state index contributed by atoms with van der Waals surface area (Å²) in [6.07, 6.45) is 1.43. The number of halogens is 1. The predicted octanol–water partition coefficient (Wildman–Crippen LogP) is 1.25. The summed E-state index contributed by atoms with van der Waals surface area (Å²) in [5, 5.41) is 2.46. The number of amides is 2. The fraction of sp³-hybridized carbons (Fsp3) is 0.278. The zero-order chi connectivity index (χ0) is 19.8. The van der Waals surface area contributed by atoms with Crippen LogP contribution in [0.2, 0.25) is 0 Å². The average Bonchev–Trinajstić information content (AvgIpc) is 3.29. The highest BCUT2D eigenvalue weighted by Gasteiger charge is 2.47. The van der Waals surface area contributed by atoms with E-state index in [9.17, 15) is 18.8 Å². The molecule has 142 valence electrons. The van der Waals surface area contributed by atoms with E-state index in [2.05, 4.69) is 10.1 Å². The second kappa shape index (κ2) is 6.75. The SMILES string of the molecule is COC(=O)c1ccn(-c2ccc(C(C)(C(N)=O)C3CNC(=O)O3)cc2F)c1. The molecule has 0 aliphatic carbocycles. The molecule has 1 aliphatic heterocycles. The highest BCUT2D eigenvalue weighted by Crippen LogP contribution is 2.33. The van der Waals surface area contributed by atoms with Gasteiger partial charge >= 0.3 is 12.1 Å². The number of nitrogens with zero attached hydrogens (tertiary/aromatic N) is 1. The van der Waals surface area contributed by atoms with Crippen LogP contribution in [-0.2, 0) is 19.7 Å². The number of rotatable bonds is 5. The average molecular weight is 375 g/mol. The maximum absolute atomic E-state index is 14.8. The molecule has 3 N–H and O–H groups in total. The van der Waals surface area contributed by atoms with Crippen LogP contribution in [-0.4, -0.2) is 42.3 Å². The van der Waals surface area contributed by atoms with Crippen molar-refractivity contribution >= 4 is 18.0 Å². The zero-order valence-electron chi connectivity index (χ0n) is 14.7. The van der Waals surface area contributed by atoms with E-state index in [0.29, 0.717) is 0 Å². The van der Waals surface area contributed by atoms with Crippen molar-refractivity contribution in [3.05, 3.63) is 53.6 Å². The molecule has 0 bridgehead atoms. The quantitative estimate of drug-likeness (QED) is 0.764. The molecule has 0 radical (unpaired) electrons. The molecular weight excluding hydrogens is 357 g/mol. The first-order valence-electron chi connectivity index (χ1n) is 8.08. The van der Waals surface area contributed by atoms with E-state index in [1.807, 2.05) is 0 Å². The Kier molecular flexibility index (Phi) is 4.61. The van der Waals surface area contributed by atoms with Crippen molar-refractivity contribution in [1.82, 2.24) is 9.88 Å². The largest absolute Gasteiger partial charge is 0.465 e. The molecule has 0 saturated carbocycles. The van der Waals surface area contributed by atoms with Crippen molar-refractivity contribution in [2.75, 3.05) is 13.7 Å². The smallest absolute Gasteiger partial charge is 0.407 e. The molecule has 1 saturated heterocycles. The van der Waals surface area contributed by atoms with E-state index in [4.69, 9.17) is 10.5 Å². The minimum absolute atomic E-state index is 0.0851. The third-order valence-corrected chi connectivity index (χ3v) is 4.78. The van der Waals surface area contributed by atoms with Gasteiger partial charge in [0.05, 0.1) is 24.9 Å². The van der Waals surface area contributed by atoms with Gasteiger partial charge in [-0.3, -0.25) is 4.79 Å². The monoisotopic (exact) mass is 375 g/mol. The Balaban J connectivity index is 1.98. The molecule has 8 nitrogen and oxygen atoms in total. The summed E-state index contributed by atoms with van der Waals surface area (Å²) in [6.45, 7) is 1.58. The molecule has 1 fully saturated rings. The number of nitrogens with two attached hydrogens (primary N) is 1. The van der Waals surface area contributed by atoms with Crippen LogP contribution in [0.4, 0.5) is 9.18 Å². The van der Waals surface area contributed by atoms with Crippen LogP contribution in [0.1, 0.15) is 22.8 Å². The number of hydrogen-bond acceptors (Lipinski definition) is 5. The Bertz CT molecular complexity index is 925. The highest BCUT2D eigenvalue weighted by atomic mass is 19.1. The predicted molar refractivity (Wildman–Crippen MR) is 91.9 cm³/mol. The summed E-state index contributed by atoms with van der Waals surface area (Å²) in [6, 6.07) is 5.66. The van der Waals surface area contributed by atoms with Gasteiger partial charge in [-0.2, -0.15) is 0 Å². The fourth-order valence-electron chi connectivity index (χ4n) is 3.02. The maximum Gasteiger partial charge on any atom is 0.407 e. The van der Waals surface area contributed by atoms with Crippen molar-refractivity contribution in [3.8, 4) is 5.69 Å². The molecule has 2 aromatic rings. The third kappa shape index (κ3) is 3.12. The third-order valence-electron chi connectivity index (χ3n) is 4.78. The Morgan fingerprint density at radius 3 is 2.70 bits per heavy atom. The summed E-state index contributed by atoms with van der Waals surface area (Å²) in [5.74, 6) is -1.92. The number of nitrogens with one attached hydrogen (secondary N) is 1. The Hall–Kier alpha value is -3.36. The van der Waals surface area contributed by atoms with Gasteiger partial charge in [0.1, 0.15) is 17.3 Å². The minimum atomic E-state index is -1.41. The van der Waals surface area contributed by atoms with Gasteiger partial charge in [0.2, 0.25) is 5.91 Å². The molecule has 9 heteroatoms. The number of methoxy groups -OCH3 is 1. The summed E-state index contributed by atoms with van der Waals surface area (Å²) >= 11 is 0. The van der Waals surface area contributed by atoms with E-state index >= 15 is 0 Å². The number of cyclic esters (lactones) is 1. The van der Waals surface area contributed by atoms with Crippen LogP contribution in [0.3, 0.4) is 0 Å². The number of ether oxygens (including phenoxy) is 2. The summed E-state index contributed by atoms with van der Waals surface area (Å²) in [4.78, 5) is 35.0. The van der Waals surface area contributed by atoms with Crippen molar-refractivity contribution in [3.63, 3.8) is 0 Å². The van der Waals surface area contributed by atoms with Crippen molar-refractivity contribution in [1.29, 1.82) is 0 Å². The lowest BCUT2D eigenvalue weighted by molar-refractivity contribution is -0.126. The topological polar surface area (TPSA) is 113 Å². The molecule has 2 unspecified atom stereocenters. The zero-order valence-corrected chi connectivity index (χ0v) is 14.7. The molecule has 1 aliphatic rings. The van der Waals surface area contributed by atoms with Crippen LogP contribution in [0.25, 0.3) is 5.69 Å². The molecule has 27 heavy (non-hydrogen) atoms. The van der Waals surface area contributed by atoms with Gasteiger partial charge < -0.3 is 25.1 Å². The van der Waals surface area contributed by atoms with Crippen molar-refractivity contribution in [2.45, 2.75) is 18.4 Å². The molecule has 2 heterocycles. The van der Waals surface area contributed by atoms with Crippen LogP contribution in [0, 0.1) is 5.82 Å². The number of hydrogen-bond donors (Lipinski definition) is 2. The Morgan fingerprint density at radius 1 is 1.41 bits per heavy atom. The maximum atomic E-state index is 14.8. The second-order valence-electron chi connectivity index (χ2n) is 6.31. The summed E-state index contributed by atoms with van der Waals surface area (Å²) < 4.78 is 25.9. The van der Waals surface area contributed by atoms with Crippen LogP contribution >= 0.6 is 0 Å². The van der Waals surface area contributed by atoms with Gasteiger partial charge in [-0.25, -0.2) is 14.0 Å². The number of esters is 1. The van der Waals surface area contributed by atoms with Crippen LogP contribution < -0.4 is 11.1 Å². The van der Waals surface area contributed by atoms with Gasteiger partial charge in [-0.15, -0.1) is 0 Å². The van der Waals surface area contributed by atoms with Crippen LogP contribution in [0.5, 0.6) is 0 Å². The van der Waals surface area contributed by atoms with E-state index < -0.39 is 35.3 Å². The summed E-state index contributed by atoms with van der Waals surface area (Å²) in [5.41, 5.74) is 4.85. The lowest BCUT2D eigenvalue weighted by Crippen LogP contribution is -2.49. The number of carbonyl (C=O) groups excluding carboxylic acids is 3. The first-order chi connectivity index (χ1) is 12.8. The van der Waals surface area contributed by atoms with Crippen molar-refractivity contribution < 1.29 is 28.2 Å². The lowest BCUT2D eigenvalue weighted by atomic mass is 9.76. The Labute approximate surface area is 154 Å². The molecule has 2 amide bonds. The first-order valence-corrected chi connectivity index (χ1v) is 8.08. The number of aromatic nitrogens is 1. The Morgan fingerprint density at radius 2 is 2.15 bits per heavy atom. The fourth-order valence-corrected chi connectivity index (χ4v) is 3.02.